The van der Waals surface area contributed by atoms with E-state index >= 15 is 0 Å². The van der Waals surface area contributed by atoms with E-state index in [2.05, 4.69) is 38.0 Å². The van der Waals surface area contributed by atoms with Gasteiger partial charge in [0.2, 0.25) is 0 Å². The summed E-state index contributed by atoms with van der Waals surface area (Å²) in [7, 11) is 2.25. The van der Waals surface area contributed by atoms with Gasteiger partial charge in [0, 0.05) is 6.04 Å². The summed E-state index contributed by atoms with van der Waals surface area (Å²) in [5, 5.41) is 3.45. The zero-order valence-corrected chi connectivity index (χ0v) is 11.9. The van der Waals surface area contributed by atoms with Crippen LogP contribution < -0.4 is 5.32 Å². The van der Waals surface area contributed by atoms with Crippen molar-refractivity contribution in [3.8, 4) is 0 Å². The minimum absolute atomic E-state index is 0.742. The Morgan fingerprint density at radius 1 is 1.00 bits per heavy atom. The Hall–Kier alpha value is -0.0800. The molecule has 0 aromatic heterocycles. The molecule has 1 atom stereocenters. The molecule has 0 fully saturated rings. The van der Waals surface area contributed by atoms with Crippen LogP contribution in [0, 0.1) is 0 Å². The molecule has 98 valence electrons. The highest BCUT2D eigenvalue weighted by molar-refractivity contribution is 4.60. The van der Waals surface area contributed by atoms with Gasteiger partial charge in [0.05, 0.1) is 0 Å². The predicted octanol–water partition coefficient (Wildman–Crippen LogP) is 3.28. The number of unbranched alkanes of at least 4 members (excludes halogenated alkanes) is 3. The zero-order valence-electron chi connectivity index (χ0n) is 11.9. The minimum atomic E-state index is 0.742. The third kappa shape index (κ3) is 9.17. The summed E-state index contributed by atoms with van der Waals surface area (Å²) >= 11 is 0. The van der Waals surface area contributed by atoms with Crippen LogP contribution in [0.5, 0.6) is 0 Å². The predicted molar refractivity (Wildman–Crippen MR) is 74.0 cm³/mol. The van der Waals surface area contributed by atoms with Gasteiger partial charge >= 0.3 is 0 Å². The van der Waals surface area contributed by atoms with Gasteiger partial charge in [-0.3, -0.25) is 0 Å². The second-order valence-corrected chi connectivity index (χ2v) is 4.90. The first kappa shape index (κ1) is 15.9. The molecule has 0 saturated carbocycles. The van der Waals surface area contributed by atoms with Gasteiger partial charge in [0.1, 0.15) is 0 Å². The first-order valence-electron chi connectivity index (χ1n) is 7.13. The molecule has 1 unspecified atom stereocenters. The Kier molecular flexibility index (Phi) is 11.3. The van der Waals surface area contributed by atoms with E-state index < -0.39 is 0 Å². The average molecular weight is 228 g/mol. The largest absolute Gasteiger partial charge is 0.317 e. The molecule has 0 heterocycles. The Balaban J connectivity index is 3.14. The highest BCUT2D eigenvalue weighted by Crippen LogP contribution is 2.04. The van der Waals surface area contributed by atoms with Crippen molar-refractivity contribution < 1.29 is 0 Å². The van der Waals surface area contributed by atoms with Crippen LogP contribution in [-0.4, -0.2) is 37.6 Å². The van der Waals surface area contributed by atoms with Crippen molar-refractivity contribution in [3.63, 3.8) is 0 Å². The Labute approximate surface area is 103 Å². The fraction of sp³-hybridized carbons (Fsp3) is 1.00. The third-order valence-corrected chi connectivity index (χ3v) is 3.38. The van der Waals surface area contributed by atoms with Gasteiger partial charge in [-0.15, -0.1) is 0 Å². The van der Waals surface area contributed by atoms with Gasteiger partial charge in [0.15, 0.2) is 0 Å². The van der Waals surface area contributed by atoms with E-state index in [-0.39, 0.29) is 0 Å². The molecule has 2 nitrogen and oxygen atoms in total. The number of nitrogens with zero attached hydrogens (tertiary/aromatic N) is 1. The summed E-state index contributed by atoms with van der Waals surface area (Å²) in [6.07, 6.45) is 7.97. The molecule has 0 saturated heterocycles. The first-order chi connectivity index (χ1) is 7.72. The van der Waals surface area contributed by atoms with E-state index in [4.69, 9.17) is 0 Å². The van der Waals surface area contributed by atoms with Crippen LogP contribution in [0.2, 0.25) is 0 Å². The van der Waals surface area contributed by atoms with Gasteiger partial charge in [-0.05, 0) is 59.3 Å². The number of hydrogen-bond acceptors (Lipinski definition) is 2. The van der Waals surface area contributed by atoms with Crippen LogP contribution in [0.1, 0.15) is 59.3 Å². The van der Waals surface area contributed by atoms with Crippen LogP contribution in [0.25, 0.3) is 0 Å². The number of rotatable bonds is 11. The summed E-state index contributed by atoms with van der Waals surface area (Å²) < 4.78 is 0. The summed E-state index contributed by atoms with van der Waals surface area (Å²) in [6, 6.07) is 0.742. The summed E-state index contributed by atoms with van der Waals surface area (Å²) in [6.45, 7) is 10.4. The van der Waals surface area contributed by atoms with Crippen LogP contribution in [0.3, 0.4) is 0 Å². The Morgan fingerprint density at radius 3 is 2.31 bits per heavy atom. The molecule has 0 aliphatic carbocycles. The van der Waals surface area contributed by atoms with E-state index in [9.17, 15) is 0 Å². The van der Waals surface area contributed by atoms with Gasteiger partial charge in [0.25, 0.3) is 0 Å². The normalized spacial score (nSPS) is 13.3. The smallest absolute Gasteiger partial charge is 0.00612 e. The van der Waals surface area contributed by atoms with E-state index in [1.54, 1.807) is 0 Å². The summed E-state index contributed by atoms with van der Waals surface area (Å²) in [5.41, 5.74) is 0. The van der Waals surface area contributed by atoms with Crippen molar-refractivity contribution in [1.82, 2.24) is 10.2 Å². The summed E-state index contributed by atoms with van der Waals surface area (Å²) in [4.78, 5) is 2.48. The lowest BCUT2D eigenvalue weighted by Crippen LogP contribution is -2.29. The fourth-order valence-corrected chi connectivity index (χ4v) is 1.80. The highest BCUT2D eigenvalue weighted by atomic mass is 15.1. The maximum atomic E-state index is 3.45. The lowest BCUT2D eigenvalue weighted by molar-refractivity contribution is 0.246. The lowest BCUT2D eigenvalue weighted by atomic mass is 10.1. The molecule has 1 N–H and O–H groups in total. The SMILES string of the molecule is CCCNCCCCCCN(C)C(C)CC. The fourth-order valence-electron chi connectivity index (χ4n) is 1.80. The number of nitrogens with one attached hydrogen (secondary N) is 1. The van der Waals surface area contributed by atoms with Crippen LogP contribution in [0.4, 0.5) is 0 Å². The van der Waals surface area contributed by atoms with Crippen molar-refractivity contribution >= 4 is 0 Å². The lowest BCUT2D eigenvalue weighted by Gasteiger charge is -2.23. The van der Waals surface area contributed by atoms with Gasteiger partial charge in [-0.2, -0.15) is 0 Å². The maximum absolute atomic E-state index is 3.45. The van der Waals surface area contributed by atoms with E-state index in [0.29, 0.717) is 0 Å². The molecule has 0 bridgehead atoms. The molecule has 0 rings (SSSR count). The molecular formula is C14H32N2. The van der Waals surface area contributed by atoms with Crippen LogP contribution in [0.15, 0.2) is 0 Å². The summed E-state index contributed by atoms with van der Waals surface area (Å²) in [5.74, 6) is 0. The second kappa shape index (κ2) is 11.4. The second-order valence-electron chi connectivity index (χ2n) is 4.90. The molecular weight excluding hydrogens is 196 g/mol. The molecule has 0 aliphatic heterocycles. The highest BCUT2D eigenvalue weighted by Gasteiger charge is 2.04. The average Bonchev–Trinajstić information content (AvgIpc) is 2.31. The molecule has 2 heteroatoms. The van der Waals surface area contributed by atoms with Gasteiger partial charge in [-0.1, -0.05) is 26.7 Å². The van der Waals surface area contributed by atoms with E-state index in [1.165, 1.54) is 58.2 Å². The van der Waals surface area contributed by atoms with Crippen LogP contribution in [-0.2, 0) is 0 Å². The van der Waals surface area contributed by atoms with Crippen molar-refractivity contribution in [2.75, 3.05) is 26.7 Å². The van der Waals surface area contributed by atoms with E-state index in [0.717, 1.165) is 6.04 Å². The molecule has 0 spiro atoms. The molecule has 0 aromatic rings. The standard InChI is InChI=1S/C14H32N2/c1-5-11-15-12-9-7-8-10-13-16(4)14(3)6-2/h14-15H,5-13H2,1-4H3. The molecule has 0 aromatic carbocycles. The maximum Gasteiger partial charge on any atom is 0.00612 e. The van der Waals surface area contributed by atoms with Crippen molar-refractivity contribution in [2.45, 2.75) is 65.3 Å². The van der Waals surface area contributed by atoms with Crippen molar-refractivity contribution in [2.24, 2.45) is 0 Å². The zero-order chi connectivity index (χ0) is 12.2. The third-order valence-electron chi connectivity index (χ3n) is 3.38. The molecule has 16 heavy (non-hydrogen) atoms. The molecule has 0 amide bonds. The monoisotopic (exact) mass is 228 g/mol. The Bertz CT molecular complexity index is 137. The van der Waals surface area contributed by atoms with Crippen LogP contribution >= 0.6 is 0 Å². The van der Waals surface area contributed by atoms with Gasteiger partial charge in [-0.25, -0.2) is 0 Å². The quantitative estimate of drug-likeness (QED) is 0.546. The van der Waals surface area contributed by atoms with E-state index in [1.807, 2.05) is 0 Å². The minimum Gasteiger partial charge on any atom is -0.317 e. The van der Waals surface area contributed by atoms with Gasteiger partial charge < -0.3 is 10.2 Å². The molecule has 0 aliphatic rings. The number of hydrogen-bond donors (Lipinski definition) is 1. The van der Waals surface area contributed by atoms with Crippen molar-refractivity contribution in [3.05, 3.63) is 0 Å². The van der Waals surface area contributed by atoms with Crippen molar-refractivity contribution in [1.29, 1.82) is 0 Å². The topological polar surface area (TPSA) is 15.3 Å². The molecule has 0 radical (unpaired) electrons. The Morgan fingerprint density at radius 2 is 1.69 bits per heavy atom. The first-order valence-corrected chi connectivity index (χ1v) is 7.13.